The molecule has 4 rings (SSSR count). The molecule has 0 amide bonds. The van der Waals surface area contributed by atoms with Gasteiger partial charge in [0.15, 0.2) is 5.78 Å². The molecule has 0 radical (unpaired) electrons. The number of ether oxygens (including phenoxy) is 1. The van der Waals surface area contributed by atoms with E-state index in [1.165, 1.54) is 30.5 Å². The Kier molecular flexibility index (Phi) is 7.09. The molecule has 0 spiro atoms. The number of amidine groups is 1. The molecule has 4 heterocycles. The maximum Gasteiger partial charge on any atom is 0.272 e. The number of aromatic nitrogens is 2. The van der Waals surface area contributed by atoms with Crippen molar-refractivity contribution in [3.63, 3.8) is 0 Å². The summed E-state index contributed by atoms with van der Waals surface area (Å²) in [6, 6.07) is 5.31. The number of halogens is 3. The number of carbonyl (C=O) groups excluding carboxylic acids is 1. The molecule has 2 aromatic rings. The molecule has 0 saturated heterocycles. The van der Waals surface area contributed by atoms with Gasteiger partial charge in [0.05, 0.1) is 28.1 Å². The number of carbonyl (C=O) groups is 1. The molecule has 2 aliphatic rings. The topological polar surface area (TPSA) is 120 Å². The van der Waals surface area contributed by atoms with Crippen molar-refractivity contribution >= 4 is 21.3 Å². The van der Waals surface area contributed by atoms with E-state index < -0.39 is 44.6 Å². The van der Waals surface area contributed by atoms with E-state index in [0.717, 1.165) is 12.8 Å². The predicted octanol–water partition coefficient (Wildman–Crippen LogP) is 3.68. The SMILES string of the molecule is CC1(c2nc(CC(=O)c3ccc(OCC(F)F)cn3)ccc2F)CS2(=O)=NCCCCC2(C)C(N)=N1. The first kappa shape index (κ1) is 26.1. The molecule has 3 unspecified atom stereocenters. The summed E-state index contributed by atoms with van der Waals surface area (Å²) in [6.07, 6.45) is 0.576. The molecule has 0 saturated carbocycles. The van der Waals surface area contributed by atoms with Crippen LogP contribution in [-0.4, -0.2) is 55.9 Å². The highest BCUT2D eigenvalue weighted by molar-refractivity contribution is 7.95. The molecule has 0 aromatic carbocycles. The first-order valence-corrected chi connectivity index (χ1v) is 13.3. The molecule has 194 valence electrons. The van der Waals surface area contributed by atoms with Gasteiger partial charge >= 0.3 is 0 Å². The van der Waals surface area contributed by atoms with Gasteiger partial charge in [-0.3, -0.25) is 14.8 Å². The van der Waals surface area contributed by atoms with Gasteiger partial charge < -0.3 is 10.5 Å². The number of hydrogen-bond donors (Lipinski definition) is 1. The Morgan fingerprint density at radius 2 is 2.00 bits per heavy atom. The molecule has 0 bridgehead atoms. The van der Waals surface area contributed by atoms with Gasteiger partial charge in [-0.2, -0.15) is 0 Å². The summed E-state index contributed by atoms with van der Waals surface area (Å²) in [5, 5.41) is 0. The number of Topliss-reactive ketones (excluding diaryl/α,β-unsaturated/α-hetero) is 1. The Balaban J connectivity index is 1.60. The van der Waals surface area contributed by atoms with Crippen LogP contribution in [0.3, 0.4) is 0 Å². The third-order valence-electron chi connectivity index (χ3n) is 6.61. The number of ketones is 1. The highest BCUT2D eigenvalue weighted by Gasteiger charge is 2.51. The number of fused-ring (bicyclic) bond motifs is 1. The summed E-state index contributed by atoms with van der Waals surface area (Å²) in [7, 11) is -2.86. The zero-order valence-corrected chi connectivity index (χ0v) is 20.9. The van der Waals surface area contributed by atoms with Crippen LogP contribution >= 0.6 is 0 Å². The fourth-order valence-corrected chi connectivity index (χ4v) is 7.42. The van der Waals surface area contributed by atoms with E-state index in [1.54, 1.807) is 13.8 Å². The van der Waals surface area contributed by atoms with Crippen molar-refractivity contribution in [3.8, 4) is 5.75 Å². The van der Waals surface area contributed by atoms with Crippen LogP contribution in [0.15, 0.2) is 39.8 Å². The van der Waals surface area contributed by atoms with Crippen molar-refractivity contribution in [2.75, 3.05) is 18.9 Å². The lowest BCUT2D eigenvalue weighted by Gasteiger charge is -2.41. The number of nitrogens with zero attached hydrogens (tertiary/aromatic N) is 4. The highest BCUT2D eigenvalue weighted by atomic mass is 32.2. The summed E-state index contributed by atoms with van der Waals surface area (Å²) in [5.74, 6) is -0.800. The van der Waals surface area contributed by atoms with E-state index in [9.17, 15) is 17.8 Å². The van der Waals surface area contributed by atoms with Gasteiger partial charge in [0.25, 0.3) is 6.43 Å². The van der Waals surface area contributed by atoms with E-state index in [4.69, 9.17) is 10.5 Å². The van der Waals surface area contributed by atoms with Crippen molar-refractivity contribution in [1.29, 1.82) is 0 Å². The number of hydrogen-bond acceptors (Lipinski definition) is 8. The quantitative estimate of drug-likeness (QED) is 0.553. The summed E-state index contributed by atoms with van der Waals surface area (Å²) in [5.41, 5.74) is 5.31. The maximum absolute atomic E-state index is 15.0. The molecule has 8 nitrogen and oxygen atoms in total. The average molecular weight is 524 g/mol. The largest absolute Gasteiger partial charge is 0.486 e. The molecule has 12 heteroatoms. The fourth-order valence-electron chi connectivity index (χ4n) is 4.51. The van der Waals surface area contributed by atoms with Crippen LogP contribution < -0.4 is 10.5 Å². The van der Waals surface area contributed by atoms with Gasteiger partial charge in [-0.05, 0) is 57.4 Å². The van der Waals surface area contributed by atoms with Gasteiger partial charge in [-0.25, -0.2) is 26.7 Å². The monoisotopic (exact) mass is 523 g/mol. The van der Waals surface area contributed by atoms with Crippen LogP contribution in [0, 0.1) is 5.82 Å². The lowest BCUT2D eigenvalue weighted by molar-refractivity contribution is 0.0816. The third-order valence-corrected chi connectivity index (χ3v) is 9.98. The Morgan fingerprint density at radius 1 is 1.22 bits per heavy atom. The van der Waals surface area contributed by atoms with Gasteiger partial charge in [-0.15, -0.1) is 0 Å². The summed E-state index contributed by atoms with van der Waals surface area (Å²) in [6.45, 7) is 3.10. The standard InChI is InChI=1S/C24H28F3N5O3S/c1-23(14-36(34)24(2,22(28)32-23)9-3-4-10-30-36)21-17(25)7-5-15(31-21)11-19(33)18-8-6-16(12-29-18)35-13-20(26)27/h5-8,12,20H,3-4,9-11,13-14H2,1-2H3,(H2,28,32). The van der Waals surface area contributed by atoms with Crippen molar-refractivity contribution in [2.45, 2.75) is 56.2 Å². The molecular formula is C24H28F3N5O3S. The van der Waals surface area contributed by atoms with Crippen LogP contribution in [0.4, 0.5) is 13.2 Å². The maximum atomic E-state index is 15.0. The van der Waals surface area contributed by atoms with E-state index in [1.807, 2.05) is 0 Å². The lowest BCUT2D eigenvalue weighted by atomic mass is 9.96. The molecule has 2 aliphatic heterocycles. The number of pyridine rings is 2. The summed E-state index contributed by atoms with van der Waals surface area (Å²) >= 11 is 0. The minimum absolute atomic E-state index is 0.0276. The second-order valence-corrected chi connectivity index (χ2v) is 12.1. The average Bonchev–Trinajstić information content (AvgIpc) is 2.97. The number of alkyl halides is 2. The van der Waals surface area contributed by atoms with Crippen molar-refractivity contribution in [1.82, 2.24) is 9.97 Å². The van der Waals surface area contributed by atoms with Gasteiger partial charge in [0.1, 0.15) is 45.7 Å². The van der Waals surface area contributed by atoms with Crippen LogP contribution in [0.2, 0.25) is 0 Å². The number of nitrogens with two attached hydrogens (primary N) is 1. The highest BCUT2D eigenvalue weighted by Crippen LogP contribution is 2.41. The number of rotatable bonds is 7. The predicted molar refractivity (Wildman–Crippen MR) is 130 cm³/mol. The first-order chi connectivity index (χ1) is 17.0. The molecule has 2 aromatic heterocycles. The van der Waals surface area contributed by atoms with E-state index in [-0.39, 0.29) is 40.8 Å². The fraction of sp³-hybridized carbons (Fsp3) is 0.500. The lowest BCUT2D eigenvalue weighted by Crippen LogP contribution is -2.56. The summed E-state index contributed by atoms with van der Waals surface area (Å²) in [4.78, 5) is 25.7. The van der Waals surface area contributed by atoms with Crippen molar-refractivity contribution < 1.29 is 26.9 Å². The molecule has 0 aliphatic carbocycles. The van der Waals surface area contributed by atoms with Crippen LogP contribution in [0.5, 0.6) is 5.75 Å². The van der Waals surface area contributed by atoms with E-state index in [2.05, 4.69) is 19.3 Å². The zero-order chi connectivity index (χ0) is 26.1. The zero-order valence-electron chi connectivity index (χ0n) is 20.0. The molecule has 3 atom stereocenters. The summed E-state index contributed by atoms with van der Waals surface area (Å²) < 4.78 is 62.1. The third kappa shape index (κ3) is 4.95. The van der Waals surface area contributed by atoms with Gasteiger partial charge in [0.2, 0.25) is 0 Å². The van der Waals surface area contributed by atoms with Gasteiger partial charge in [0, 0.05) is 12.2 Å². The van der Waals surface area contributed by atoms with Crippen LogP contribution in [0.1, 0.15) is 55.0 Å². The van der Waals surface area contributed by atoms with Crippen LogP contribution in [-0.2, 0) is 21.7 Å². The Bertz CT molecular complexity index is 1310. The second-order valence-electron chi connectivity index (χ2n) is 9.41. The minimum Gasteiger partial charge on any atom is -0.486 e. The first-order valence-electron chi connectivity index (χ1n) is 11.6. The minimum atomic E-state index is -2.86. The normalized spacial score (nSPS) is 28.0. The molecule has 2 N–H and O–H groups in total. The van der Waals surface area contributed by atoms with E-state index in [0.29, 0.717) is 13.0 Å². The van der Waals surface area contributed by atoms with Gasteiger partial charge in [-0.1, -0.05) is 0 Å². The van der Waals surface area contributed by atoms with Crippen LogP contribution in [0.25, 0.3) is 0 Å². The smallest absolute Gasteiger partial charge is 0.272 e. The molecule has 36 heavy (non-hydrogen) atoms. The molecule has 0 fully saturated rings. The second kappa shape index (κ2) is 9.79. The number of aliphatic imine (C=N–C) groups is 1. The van der Waals surface area contributed by atoms with E-state index >= 15 is 4.39 Å². The Labute approximate surface area is 207 Å². The Morgan fingerprint density at radius 3 is 2.69 bits per heavy atom. The van der Waals surface area contributed by atoms with Crippen molar-refractivity contribution in [3.05, 3.63) is 53.4 Å². The molecular weight excluding hydrogens is 495 g/mol. The van der Waals surface area contributed by atoms with Crippen molar-refractivity contribution in [2.24, 2.45) is 15.1 Å². The Hall–Kier alpha value is -3.02.